The average molecular weight is 245 g/mol. The van der Waals surface area contributed by atoms with Gasteiger partial charge in [-0.05, 0) is 36.1 Å². The molecule has 92 valence electrons. The fourth-order valence-corrected chi connectivity index (χ4v) is 2.47. The van der Waals surface area contributed by atoms with Crippen molar-refractivity contribution in [2.75, 3.05) is 11.9 Å². The number of halogens is 2. The van der Waals surface area contributed by atoms with Crippen molar-refractivity contribution in [1.82, 2.24) is 0 Å². The van der Waals surface area contributed by atoms with E-state index in [9.17, 15) is 8.78 Å². The van der Waals surface area contributed by atoms with Crippen molar-refractivity contribution < 1.29 is 8.78 Å². The highest BCUT2D eigenvalue weighted by molar-refractivity contribution is 5.75. The molecule has 0 bridgehead atoms. The standard InChI is InChI=1S/C15H13F2N/c16-13-7-1-5-12(15(13)17)10-4-2-8-14-11(10)6-3-9-18-14/h1-2,4-5,7-8,18H,3,6,9H2. The van der Waals surface area contributed by atoms with Gasteiger partial charge in [0.05, 0.1) is 0 Å². The maximum absolute atomic E-state index is 13.9. The molecule has 3 heteroatoms. The highest BCUT2D eigenvalue weighted by atomic mass is 19.2. The van der Waals surface area contributed by atoms with E-state index >= 15 is 0 Å². The number of nitrogens with one attached hydrogen (secondary N) is 1. The molecule has 1 N–H and O–H groups in total. The molecule has 0 saturated carbocycles. The van der Waals surface area contributed by atoms with Crippen LogP contribution in [0.25, 0.3) is 11.1 Å². The Balaban J connectivity index is 2.20. The first-order valence-corrected chi connectivity index (χ1v) is 6.07. The number of hydrogen-bond donors (Lipinski definition) is 1. The zero-order valence-electron chi connectivity index (χ0n) is 9.84. The average Bonchev–Trinajstić information content (AvgIpc) is 2.41. The van der Waals surface area contributed by atoms with Crippen LogP contribution in [0.3, 0.4) is 0 Å². The van der Waals surface area contributed by atoms with Crippen molar-refractivity contribution in [3.05, 3.63) is 53.6 Å². The largest absolute Gasteiger partial charge is 0.385 e. The second kappa shape index (κ2) is 4.41. The lowest BCUT2D eigenvalue weighted by atomic mass is 9.93. The molecular formula is C15H13F2N. The van der Waals surface area contributed by atoms with Crippen LogP contribution in [0.2, 0.25) is 0 Å². The molecule has 0 fully saturated rings. The van der Waals surface area contributed by atoms with E-state index in [1.807, 2.05) is 18.2 Å². The van der Waals surface area contributed by atoms with Crippen LogP contribution in [-0.2, 0) is 6.42 Å². The van der Waals surface area contributed by atoms with Crippen molar-refractivity contribution in [1.29, 1.82) is 0 Å². The molecule has 0 amide bonds. The molecule has 0 unspecified atom stereocenters. The minimum atomic E-state index is -0.797. The number of hydrogen-bond acceptors (Lipinski definition) is 1. The van der Waals surface area contributed by atoms with E-state index in [1.54, 1.807) is 12.1 Å². The molecule has 1 aliphatic rings. The smallest absolute Gasteiger partial charge is 0.166 e. The Labute approximate surface area is 104 Å². The van der Waals surface area contributed by atoms with Crippen LogP contribution in [0.5, 0.6) is 0 Å². The molecule has 0 aromatic heterocycles. The lowest BCUT2D eigenvalue weighted by Gasteiger charge is -2.21. The number of rotatable bonds is 1. The Morgan fingerprint density at radius 3 is 2.61 bits per heavy atom. The van der Waals surface area contributed by atoms with Crippen LogP contribution in [0.4, 0.5) is 14.5 Å². The van der Waals surface area contributed by atoms with Gasteiger partial charge in [0.15, 0.2) is 11.6 Å². The van der Waals surface area contributed by atoms with Gasteiger partial charge in [-0.1, -0.05) is 24.3 Å². The second-order valence-corrected chi connectivity index (χ2v) is 4.46. The van der Waals surface area contributed by atoms with E-state index in [0.717, 1.165) is 42.3 Å². The van der Waals surface area contributed by atoms with E-state index in [0.29, 0.717) is 5.56 Å². The minimum Gasteiger partial charge on any atom is -0.385 e. The molecule has 0 atom stereocenters. The molecule has 1 nitrogen and oxygen atoms in total. The molecule has 0 radical (unpaired) electrons. The van der Waals surface area contributed by atoms with Gasteiger partial charge in [-0.25, -0.2) is 8.78 Å². The third-order valence-electron chi connectivity index (χ3n) is 3.34. The highest BCUT2D eigenvalue weighted by Crippen LogP contribution is 2.34. The third-order valence-corrected chi connectivity index (χ3v) is 3.34. The number of anilines is 1. The van der Waals surface area contributed by atoms with Crippen LogP contribution in [-0.4, -0.2) is 6.54 Å². The summed E-state index contributed by atoms with van der Waals surface area (Å²) < 4.78 is 27.2. The van der Waals surface area contributed by atoms with Crippen molar-refractivity contribution >= 4 is 5.69 Å². The van der Waals surface area contributed by atoms with E-state index in [-0.39, 0.29) is 0 Å². The van der Waals surface area contributed by atoms with E-state index in [1.165, 1.54) is 0 Å². The SMILES string of the molecule is Fc1cccc(-c2cccc3c2CCCN3)c1F. The van der Waals surface area contributed by atoms with E-state index < -0.39 is 11.6 Å². The summed E-state index contributed by atoms with van der Waals surface area (Å²) in [5, 5.41) is 3.29. The van der Waals surface area contributed by atoms with Crippen molar-refractivity contribution in [3.8, 4) is 11.1 Å². The van der Waals surface area contributed by atoms with Gasteiger partial charge in [-0.3, -0.25) is 0 Å². The van der Waals surface area contributed by atoms with Crippen LogP contribution >= 0.6 is 0 Å². The molecule has 0 saturated heterocycles. The molecule has 18 heavy (non-hydrogen) atoms. The van der Waals surface area contributed by atoms with Gasteiger partial charge in [0, 0.05) is 17.8 Å². The van der Waals surface area contributed by atoms with Gasteiger partial charge in [0.1, 0.15) is 0 Å². The summed E-state index contributed by atoms with van der Waals surface area (Å²) in [6, 6.07) is 10.0. The van der Waals surface area contributed by atoms with Crippen LogP contribution in [0, 0.1) is 11.6 Å². The quantitative estimate of drug-likeness (QED) is 0.801. The number of benzene rings is 2. The Kier molecular flexibility index (Phi) is 2.74. The Hall–Kier alpha value is -1.90. The normalized spacial score (nSPS) is 13.9. The Bertz CT molecular complexity index is 593. The zero-order valence-corrected chi connectivity index (χ0v) is 9.84. The summed E-state index contributed by atoms with van der Waals surface area (Å²) in [5.41, 5.74) is 3.24. The maximum Gasteiger partial charge on any atom is 0.166 e. The molecule has 2 aromatic carbocycles. The molecule has 2 aromatic rings. The van der Waals surface area contributed by atoms with Gasteiger partial charge in [-0.2, -0.15) is 0 Å². The van der Waals surface area contributed by atoms with E-state index in [2.05, 4.69) is 5.32 Å². The maximum atomic E-state index is 13.9. The van der Waals surface area contributed by atoms with Gasteiger partial charge in [-0.15, -0.1) is 0 Å². The zero-order chi connectivity index (χ0) is 12.5. The summed E-state index contributed by atoms with van der Waals surface area (Å²) in [4.78, 5) is 0. The van der Waals surface area contributed by atoms with Gasteiger partial charge in [0.25, 0.3) is 0 Å². The fourth-order valence-electron chi connectivity index (χ4n) is 2.47. The van der Waals surface area contributed by atoms with Crippen molar-refractivity contribution in [2.45, 2.75) is 12.8 Å². The van der Waals surface area contributed by atoms with Gasteiger partial charge in [0.2, 0.25) is 0 Å². The first-order chi connectivity index (χ1) is 8.77. The topological polar surface area (TPSA) is 12.0 Å². The molecular weight excluding hydrogens is 232 g/mol. The lowest BCUT2D eigenvalue weighted by Crippen LogP contribution is -2.12. The predicted octanol–water partition coefficient (Wildman–Crippen LogP) is 3.99. The van der Waals surface area contributed by atoms with Crippen molar-refractivity contribution in [2.24, 2.45) is 0 Å². The first-order valence-electron chi connectivity index (χ1n) is 6.07. The monoisotopic (exact) mass is 245 g/mol. The molecule has 1 aliphatic heterocycles. The fraction of sp³-hybridized carbons (Fsp3) is 0.200. The highest BCUT2D eigenvalue weighted by Gasteiger charge is 2.17. The minimum absolute atomic E-state index is 0.343. The van der Waals surface area contributed by atoms with Crippen LogP contribution in [0.15, 0.2) is 36.4 Å². The molecule has 0 aliphatic carbocycles. The van der Waals surface area contributed by atoms with Crippen LogP contribution in [0.1, 0.15) is 12.0 Å². The number of fused-ring (bicyclic) bond motifs is 1. The third kappa shape index (κ3) is 1.76. The Morgan fingerprint density at radius 1 is 0.944 bits per heavy atom. The summed E-state index contributed by atoms with van der Waals surface area (Å²) >= 11 is 0. The Morgan fingerprint density at radius 2 is 1.72 bits per heavy atom. The van der Waals surface area contributed by atoms with Gasteiger partial charge >= 0.3 is 0 Å². The summed E-state index contributed by atoms with van der Waals surface area (Å²) in [5.74, 6) is -1.56. The van der Waals surface area contributed by atoms with Crippen molar-refractivity contribution in [3.63, 3.8) is 0 Å². The second-order valence-electron chi connectivity index (χ2n) is 4.46. The summed E-state index contributed by atoms with van der Waals surface area (Å²) in [6.07, 6.45) is 1.91. The predicted molar refractivity (Wildman–Crippen MR) is 68.6 cm³/mol. The lowest BCUT2D eigenvalue weighted by molar-refractivity contribution is 0.511. The first kappa shape index (κ1) is 11.2. The summed E-state index contributed by atoms with van der Waals surface area (Å²) in [6.45, 7) is 0.933. The molecule has 3 rings (SSSR count). The molecule has 0 spiro atoms. The van der Waals surface area contributed by atoms with Gasteiger partial charge < -0.3 is 5.32 Å². The van der Waals surface area contributed by atoms with E-state index in [4.69, 9.17) is 0 Å². The van der Waals surface area contributed by atoms with Crippen LogP contribution < -0.4 is 5.32 Å². The summed E-state index contributed by atoms with van der Waals surface area (Å²) in [7, 11) is 0. The molecule has 1 heterocycles.